The highest BCUT2D eigenvalue weighted by molar-refractivity contribution is 6.04. The van der Waals surface area contributed by atoms with Gasteiger partial charge in [-0.2, -0.15) is 29.0 Å². The molecule has 0 aromatic heterocycles. The molecule has 148 valence electrons. The molecule has 30 heavy (non-hydrogen) atoms. The van der Waals surface area contributed by atoms with E-state index in [0.717, 1.165) is 12.1 Å². The van der Waals surface area contributed by atoms with Crippen molar-refractivity contribution >= 4 is 11.5 Å². The molecule has 2 aromatic carbocycles. The Kier molecular flexibility index (Phi) is 5.32. The lowest BCUT2D eigenvalue weighted by Gasteiger charge is -2.38. The summed E-state index contributed by atoms with van der Waals surface area (Å²) in [4.78, 5) is 1.21. The maximum atomic E-state index is 13.1. The quantitative estimate of drug-likeness (QED) is 0.752. The largest absolute Gasteiger partial charge is 0.416 e. The van der Waals surface area contributed by atoms with Gasteiger partial charge in [-0.25, -0.2) is 0 Å². The van der Waals surface area contributed by atoms with Crippen LogP contribution in [0.25, 0.3) is 0 Å². The normalized spacial score (nSPS) is 19.1. The third-order valence-corrected chi connectivity index (χ3v) is 5.00. The number of nitrogens with one attached hydrogen (secondary N) is 1. The number of rotatable bonds is 2. The number of allylic oxidation sites excluding steroid dienone is 2. The lowest BCUT2D eigenvalue weighted by atomic mass is 9.76. The fourth-order valence-corrected chi connectivity index (χ4v) is 3.55. The Hall–Kier alpha value is -4.09. The first-order valence-electron chi connectivity index (χ1n) is 8.79. The topological polar surface area (TPSA) is 98.5 Å². The number of alkyl halides is 3. The number of benzene rings is 2. The summed E-state index contributed by atoms with van der Waals surface area (Å²) >= 11 is 0. The van der Waals surface area contributed by atoms with E-state index in [1.54, 1.807) is 24.3 Å². The summed E-state index contributed by atoms with van der Waals surface area (Å²) in [5, 5.41) is 37.1. The molecular weight excluding hydrogens is 391 g/mol. The number of hydrogen-bond acceptors (Lipinski definition) is 4. The van der Waals surface area contributed by atoms with Crippen LogP contribution in [0.5, 0.6) is 0 Å². The van der Waals surface area contributed by atoms with Gasteiger partial charge in [-0.05, 0) is 42.8 Å². The molecule has 1 heterocycles. The lowest BCUT2D eigenvalue weighted by Crippen LogP contribution is -2.42. The predicted octanol–water partition coefficient (Wildman–Crippen LogP) is 5.10. The van der Waals surface area contributed by atoms with Gasteiger partial charge in [0.25, 0.3) is 0 Å². The van der Waals surface area contributed by atoms with Crippen molar-refractivity contribution in [3.05, 3.63) is 76.5 Å². The molecule has 2 unspecified atom stereocenters. The van der Waals surface area contributed by atoms with Crippen LogP contribution in [-0.4, -0.2) is 5.84 Å². The van der Waals surface area contributed by atoms with Crippen LogP contribution in [0.15, 0.2) is 59.8 Å². The Morgan fingerprint density at radius 3 is 2.20 bits per heavy atom. The molecule has 0 amide bonds. The molecule has 0 radical (unpaired) electrons. The Morgan fingerprint density at radius 2 is 1.67 bits per heavy atom. The highest BCUT2D eigenvalue weighted by Crippen LogP contribution is 2.42. The maximum Gasteiger partial charge on any atom is 0.416 e. The van der Waals surface area contributed by atoms with Crippen LogP contribution in [-0.2, 0) is 6.18 Å². The van der Waals surface area contributed by atoms with Crippen molar-refractivity contribution in [2.75, 3.05) is 4.90 Å². The van der Waals surface area contributed by atoms with E-state index in [1.165, 1.54) is 24.0 Å². The molecular formula is C22H14F3N5. The summed E-state index contributed by atoms with van der Waals surface area (Å²) in [5.41, 5.74) is 0.607. The SMILES string of the molecule is CC1=C(C#N)C(c2ccc(C#N)cc2)C(C#N)C(=N)N1c1cccc(C(F)(F)F)c1. The van der Waals surface area contributed by atoms with E-state index in [2.05, 4.69) is 6.07 Å². The van der Waals surface area contributed by atoms with Gasteiger partial charge >= 0.3 is 6.18 Å². The average Bonchev–Trinajstić information content (AvgIpc) is 2.73. The maximum absolute atomic E-state index is 13.1. The number of halogens is 3. The monoisotopic (exact) mass is 405 g/mol. The van der Waals surface area contributed by atoms with Crippen LogP contribution < -0.4 is 4.90 Å². The first-order chi connectivity index (χ1) is 14.2. The van der Waals surface area contributed by atoms with Gasteiger partial charge in [0, 0.05) is 17.3 Å². The lowest BCUT2D eigenvalue weighted by molar-refractivity contribution is -0.137. The molecule has 0 aliphatic carbocycles. The van der Waals surface area contributed by atoms with Crippen molar-refractivity contribution in [3.8, 4) is 18.2 Å². The summed E-state index contributed by atoms with van der Waals surface area (Å²) in [6, 6.07) is 16.8. The van der Waals surface area contributed by atoms with Crippen molar-refractivity contribution < 1.29 is 13.2 Å². The van der Waals surface area contributed by atoms with E-state index in [4.69, 9.17) is 10.7 Å². The van der Waals surface area contributed by atoms with E-state index in [-0.39, 0.29) is 22.8 Å². The van der Waals surface area contributed by atoms with E-state index in [0.29, 0.717) is 11.1 Å². The predicted molar refractivity (Wildman–Crippen MR) is 103 cm³/mol. The highest BCUT2D eigenvalue weighted by Gasteiger charge is 2.41. The molecule has 2 aromatic rings. The number of amidine groups is 1. The molecule has 0 saturated heterocycles. The number of nitrogens with zero attached hydrogens (tertiary/aromatic N) is 4. The van der Waals surface area contributed by atoms with Gasteiger partial charge in [-0.1, -0.05) is 18.2 Å². The molecule has 0 fully saturated rings. The van der Waals surface area contributed by atoms with Gasteiger partial charge < -0.3 is 4.90 Å². The van der Waals surface area contributed by atoms with Gasteiger partial charge in [0.1, 0.15) is 11.8 Å². The zero-order valence-corrected chi connectivity index (χ0v) is 15.7. The van der Waals surface area contributed by atoms with E-state index in [1.807, 2.05) is 12.1 Å². The molecule has 2 atom stereocenters. The summed E-state index contributed by atoms with van der Waals surface area (Å²) in [6.07, 6.45) is -4.57. The average molecular weight is 405 g/mol. The summed E-state index contributed by atoms with van der Waals surface area (Å²) in [7, 11) is 0. The zero-order chi connectivity index (χ0) is 22.1. The molecule has 0 spiro atoms. The van der Waals surface area contributed by atoms with E-state index >= 15 is 0 Å². The Labute approximate surface area is 171 Å². The van der Waals surface area contributed by atoms with Crippen LogP contribution in [0.2, 0.25) is 0 Å². The van der Waals surface area contributed by atoms with Gasteiger partial charge in [-0.15, -0.1) is 0 Å². The first kappa shape index (κ1) is 20.6. The number of nitriles is 3. The van der Waals surface area contributed by atoms with Crippen molar-refractivity contribution in [2.45, 2.75) is 19.0 Å². The fraction of sp³-hybridized carbons (Fsp3) is 0.182. The smallest absolute Gasteiger partial charge is 0.301 e. The highest BCUT2D eigenvalue weighted by atomic mass is 19.4. The van der Waals surface area contributed by atoms with Gasteiger partial charge in [0.05, 0.1) is 34.9 Å². The number of anilines is 1. The molecule has 0 saturated carbocycles. The Balaban J connectivity index is 2.18. The summed E-state index contributed by atoms with van der Waals surface area (Å²) in [5.74, 6) is -2.07. The third kappa shape index (κ3) is 3.50. The second-order valence-electron chi connectivity index (χ2n) is 6.70. The molecule has 3 rings (SSSR count). The van der Waals surface area contributed by atoms with Gasteiger partial charge in [0.2, 0.25) is 0 Å². The van der Waals surface area contributed by atoms with Crippen LogP contribution in [0.1, 0.15) is 29.5 Å². The molecule has 1 aliphatic rings. The molecule has 5 nitrogen and oxygen atoms in total. The fourth-order valence-electron chi connectivity index (χ4n) is 3.55. The zero-order valence-electron chi connectivity index (χ0n) is 15.7. The minimum absolute atomic E-state index is 0.0543. The standard InChI is InChI=1S/C22H14F3N5/c1-13-18(11-27)20(15-7-5-14(10-26)6-8-15)19(12-28)21(29)30(13)17-4-2-3-16(9-17)22(23,24)25/h2-9,19-20,29H,1H3. The molecule has 0 bridgehead atoms. The van der Waals surface area contributed by atoms with Crippen LogP contribution >= 0.6 is 0 Å². The summed E-state index contributed by atoms with van der Waals surface area (Å²) in [6.45, 7) is 1.54. The van der Waals surface area contributed by atoms with E-state index in [9.17, 15) is 23.7 Å². The van der Waals surface area contributed by atoms with Crippen molar-refractivity contribution in [1.82, 2.24) is 0 Å². The number of hydrogen-bond donors (Lipinski definition) is 1. The second kappa shape index (κ2) is 7.73. The van der Waals surface area contributed by atoms with Gasteiger partial charge in [0.15, 0.2) is 0 Å². The van der Waals surface area contributed by atoms with Crippen molar-refractivity contribution in [3.63, 3.8) is 0 Å². The van der Waals surface area contributed by atoms with Crippen molar-refractivity contribution in [1.29, 1.82) is 21.2 Å². The van der Waals surface area contributed by atoms with Crippen molar-refractivity contribution in [2.24, 2.45) is 5.92 Å². The first-order valence-corrected chi connectivity index (χ1v) is 8.79. The van der Waals surface area contributed by atoms with Crippen LogP contribution in [0, 0.1) is 45.3 Å². The molecule has 1 aliphatic heterocycles. The third-order valence-electron chi connectivity index (χ3n) is 5.00. The van der Waals surface area contributed by atoms with E-state index < -0.39 is 23.6 Å². The Bertz CT molecular complexity index is 1160. The minimum Gasteiger partial charge on any atom is -0.301 e. The molecule has 1 N–H and O–H groups in total. The van der Waals surface area contributed by atoms with Crippen LogP contribution in [0.4, 0.5) is 18.9 Å². The Morgan fingerprint density at radius 1 is 1.00 bits per heavy atom. The summed E-state index contributed by atoms with van der Waals surface area (Å²) < 4.78 is 39.4. The molecule has 8 heteroatoms. The minimum atomic E-state index is -4.57. The second-order valence-corrected chi connectivity index (χ2v) is 6.70. The van der Waals surface area contributed by atoms with Gasteiger partial charge in [-0.3, -0.25) is 5.41 Å². The van der Waals surface area contributed by atoms with Crippen LogP contribution in [0.3, 0.4) is 0 Å².